The van der Waals surface area contributed by atoms with E-state index >= 15 is 0 Å². The van der Waals surface area contributed by atoms with Gasteiger partial charge in [0.05, 0.1) is 31.0 Å². The van der Waals surface area contributed by atoms with Gasteiger partial charge in [0.25, 0.3) is 5.56 Å². The second-order valence-corrected chi connectivity index (χ2v) is 8.71. The average Bonchev–Trinajstić information content (AvgIpc) is 3.11. The summed E-state index contributed by atoms with van der Waals surface area (Å²) in [4.78, 5) is 34.4. The summed E-state index contributed by atoms with van der Waals surface area (Å²) >= 11 is 2.81. The normalized spacial score (nSPS) is 13.2. The Balaban J connectivity index is 1.47. The Hall–Kier alpha value is -2.52. The Morgan fingerprint density at radius 2 is 2.10 bits per heavy atom. The number of hydrogen-bond donors (Lipinski definition) is 2. The van der Waals surface area contributed by atoms with E-state index in [1.807, 2.05) is 0 Å². The van der Waals surface area contributed by atoms with E-state index in [-0.39, 0.29) is 17.2 Å². The van der Waals surface area contributed by atoms with Crippen molar-refractivity contribution in [1.82, 2.24) is 9.97 Å². The minimum absolute atomic E-state index is 0.117. The van der Waals surface area contributed by atoms with Gasteiger partial charge < -0.3 is 19.8 Å². The van der Waals surface area contributed by atoms with Gasteiger partial charge in [0, 0.05) is 10.9 Å². The van der Waals surface area contributed by atoms with Crippen LogP contribution >= 0.6 is 23.1 Å². The second kappa shape index (κ2) is 8.46. The molecule has 0 fully saturated rings. The van der Waals surface area contributed by atoms with Crippen LogP contribution in [-0.4, -0.2) is 35.8 Å². The van der Waals surface area contributed by atoms with Crippen molar-refractivity contribution >= 4 is 44.9 Å². The smallest absolute Gasteiger partial charge is 0.260 e. The lowest BCUT2D eigenvalue weighted by atomic mass is 9.97. The lowest BCUT2D eigenvalue weighted by molar-refractivity contribution is -0.113. The van der Waals surface area contributed by atoms with Crippen molar-refractivity contribution in [2.45, 2.75) is 30.8 Å². The molecule has 2 heterocycles. The number of nitrogens with one attached hydrogen (secondary N) is 2. The number of rotatable bonds is 6. The van der Waals surface area contributed by atoms with Gasteiger partial charge >= 0.3 is 0 Å². The molecule has 152 valence electrons. The highest BCUT2D eigenvalue weighted by molar-refractivity contribution is 7.99. The zero-order valence-electron chi connectivity index (χ0n) is 16.2. The van der Waals surface area contributed by atoms with Crippen molar-refractivity contribution in [3.05, 3.63) is 39.0 Å². The second-order valence-electron chi connectivity index (χ2n) is 6.67. The molecule has 9 heteroatoms. The number of thiophene rings is 1. The van der Waals surface area contributed by atoms with E-state index in [0.29, 0.717) is 22.3 Å². The minimum atomic E-state index is -0.216. The number of aryl methyl sites for hydroxylation is 2. The molecular formula is C20H21N3O4S2. The van der Waals surface area contributed by atoms with E-state index in [2.05, 4.69) is 15.3 Å². The number of amides is 1. The number of aromatic amines is 1. The number of fused-ring (bicyclic) bond motifs is 3. The van der Waals surface area contributed by atoms with E-state index in [4.69, 9.17) is 9.47 Å². The summed E-state index contributed by atoms with van der Waals surface area (Å²) in [5.41, 5.74) is 1.60. The Morgan fingerprint density at radius 3 is 2.90 bits per heavy atom. The molecule has 1 aliphatic carbocycles. The fourth-order valence-electron chi connectivity index (χ4n) is 3.43. The maximum Gasteiger partial charge on any atom is 0.260 e. The fraction of sp³-hybridized carbons (Fsp3) is 0.350. The minimum Gasteiger partial charge on any atom is -0.497 e. The number of carbonyl (C=O) groups is 1. The molecule has 1 amide bonds. The molecule has 2 N–H and O–H groups in total. The summed E-state index contributed by atoms with van der Waals surface area (Å²) in [5.74, 6) is 1.06. The van der Waals surface area contributed by atoms with Crippen molar-refractivity contribution in [3.63, 3.8) is 0 Å². The number of benzene rings is 1. The topological polar surface area (TPSA) is 93.3 Å². The molecule has 0 aliphatic heterocycles. The van der Waals surface area contributed by atoms with Gasteiger partial charge in [-0.25, -0.2) is 4.98 Å². The van der Waals surface area contributed by atoms with Crippen molar-refractivity contribution in [1.29, 1.82) is 0 Å². The zero-order chi connectivity index (χ0) is 20.4. The Morgan fingerprint density at radius 1 is 1.28 bits per heavy atom. The molecule has 0 saturated carbocycles. The van der Waals surface area contributed by atoms with Gasteiger partial charge in [0.2, 0.25) is 5.91 Å². The molecule has 4 rings (SSSR count). The molecule has 2 aromatic heterocycles. The van der Waals surface area contributed by atoms with Gasteiger partial charge in [-0.1, -0.05) is 11.8 Å². The maximum atomic E-state index is 12.6. The van der Waals surface area contributed by atoms with Gasteiger partial charge in [0.1, 0.15) is 16.3 Å². The van der Waals surface area contributed by atoms with Crippen LogP contribution in [-0.2, 0) is 17.6 Å². The lowest BCUT2D eigenvalue weighted by Crippen LogP contribution is -2.16. The molecule has 29 heavy (non-hydrogen) atoms. The van der Waals surface area contributed by atoms with Crippen LogP contribution in [0.4, 0.5) is 5.69 Å². The highest BCUT2D eigenvalue weighted by Crippen LogP contribution is 2.34. The van der Waals surface area contributed by atoms with Crippen molar-refractivity contribution in [2.75, 3.05) is 25.3 Å². The third kappa shape index (κ3) is 4.11. The van der Waals surface area contributed by atoms with Crippen LogP contribution in [0.15, 0.2) is 28.2 Å². The number of carbonyl (C=O) groups excluding carboxylic acids is 1. The van der Waals surface area contributed by atoms with Crippen LogP contribution in [0.25, 0.3) is 10.2 Å². The van der Waals surface area contributed by atoms with Crippen molar-refractivity contribution < 1.29 is 14.3 Å². The fourth-order valence-corrected chi connectivity index (χ4v) is 5.42. The molecule has 1 aliphatic rings. The molecule has 0 spiro atoms. The number of anilines is 1. The van der Waals surface area contributed by atoms with Gasteiger partial charge in [-0.05, 0) is 43.4 Å². The Kier molecular flexibility index (Phi) is 5.77. The number of hydrogen-bond acceptors (Lipinski definition) is 7. The first-order valence-corrected chi connectivity index (χ1v) is 11.1. The summed E-state index contributed by atoms with van der Waals surface area (Å²) in [6.07, 6.45) is 4.24. The van der Waals surface area contributed by atoms with Crippen LogP contribution in [0.2, 0.25) is 0 Å². The number of aromatic nitrogens is 2. The molecule has 3 aromatic rings. The van der Waals surface area contributed by atoms with Crippen LogP contribution < -0.4 is 20.3 Å². The van der Waals surface area contributed by atoms with E-state index in [1.165, 1.54) is 23.7 Å². The predicted octanol–water partition coefficient (Wildman–Crippen LogP) is 3.61. The number of ether oxygens (including phenoxy) is 2. The summed E-state index contributed by atoms with van der Waals surface area (Å²) in [6.45, 7) is 0. The summed E-state index contributed by atoms with van der Waals surface area (Å²) in [6, 6.07) is 5.17. The van der Waals surface area contributed by atoms with Gasteiger partial charge in [0.15, 0.2) is 5.16 Å². The maximum absolute atomic E-state index is 12.6. The molecule has 7 nitrogen and oxygen atoms in total. The predicted molar refractivity (Wildman–Crippen MR) is 116 cm³/mol. The Bertz CT molecular complexity index is 1120. The third-order valence-corrected chi connectivity index (χ3v) is 6.89. The van der Waals surface area contributed by atoms with E-state index in [1.54, 1.807) is 36.6 Å². The number of nitrogens with zero attached hydrogens (tertiary/aromatic N) is 1. The van der Waals surface area contributed by atoms with Gasteiger partial charge in [-0.15, -0.1) is 11.3 Å². The van der Waals surface area contributed by atoms with E-state index in [0.717, 1.165) is 41.5 Å². The molecule has 0 unspecified atom stereocenters. The first-order chi connectivity index (χ1) is 14.1. The lowest BCUT2D eigenvalue weighted by Gasteiger charge is -2.11. The van der Waals surface area contributed by atoms with Crippen LogP contribution in [0.1, 0.15) is 23.3 Å². The zero-order valence-corrected chi connectivity index (χ0v) is 17.8. The first kappa shape index (κ1) is 19.8. The summed E-state index contributed by atoms with van der Waals surface area (Å²) in [7, 11) is 3.10. The molecule has 1 aromatic carbocycles. The van der Waals surface area contributed by atoms with Crippen LogP contribution in [0.5, 0.6) is 11.5 Å². The molecule has 0 bridgehead atoms. The molecular weight excluding hydrogens is 410 g/mol. The quantitative estimate of drug-likeness (QED) is 0.457. The number of thioether (sulfide) groups is 1. The molecule has 0 atom stereocenters. The van der Waals surface area contributed by atoms with E-state index < -0.39 is 0 Å². The van der Waals surface area contributed by atoms with Crippen molar-refractivity contribution in [2.24, 2.45) is 0 Å². The summed E-state index contributed by atoms with van der Waals surface area (Å²) < 4.78 is 10.5. The number of H-pyrrole nitrogens is 1. The molecule has 0 saturated heterocycles. The van der Waals surface area contributed by atoms with Gasteiger partial charge in [-0.3, -0.25) is 9.59 Å². The standard InChI is InChI=1S/C20H21N3O4S2/c1-26-11-7-8-13(14(9-11)27-2)21-16(24)10-28-20-22-18(25)17-12-5-3-4-6-15(12)29-19(17)23-20/h7-9H,3-6,10H2,1-2H3,(H,21,24)(H,22,23,25). The van der Waals surface area contributed by atoms with Crippen LogP contribution in [0, 0.1) is 0 Å². The van der Waals surface area contributed by atoms with E-state index in [9.17, 15) is 9.59 Å². The average molecular weight is 432 g/mol. The van der Waals surface area contributed by atoms with Crippen LogP contribution in [0.3, 0.4) is 0 Å². The highest BCUT2D eigenvalue weighted by Gasteiger charge is 2.20. The first-order valence-electron chi connectivity index (χ1n) is 9.28. The SMILES string of the molecule is COc1ccc(NC(=O)CSc2nc3sc4c(c3c(=O)[nH]2)CCCC4)c(OC)c1. The number of methoxy groups -OCH3 is 2. The Labute approximate surface area is 175 Å². The summed E-state index contributed by atoms with van der Waals surface area (Å²) in [5, 5.41) is 4.00. The molecule has 0 radical (unpaired) electrons. The highest BCUT2D eigenvalue weighted by atomic mass is 32.2. The van der Waals surface area contributed by atoms with Crippen molar-refractivity contribution in [3.8, 4) is 11.5 Å². The van der Waals surface area contributed by atoms with Gasteiger partial charge in [-0.2, -0.15) is 0 Å². The largest absolute Gasteiger partial charge is 0.497 e. The monoisotopic (exact) mass is 431 g/mol. The third-order valence-electron chi connectivity index (χ3n) is 4.83.